The Morgan fingerprint density at radius 2 is 1.67 bits per heavy atom. The van der Waals surface area contributed by atoms with E-state index in [1.165, 1.54) is 14.0 Å². The van der Waals surface area contributed by atoms with E-state index in [4.69, 9.17) is 28.4 Å². The average molecular weight is 638 g/mol. The van der Waals surface area contributed by atoms with Gasteiger partial charge in [-0.25, -0.2) is 0 Å². The summed E-state index contributed by atoms with van der Waals surface area (Å²) in [5.74, 6) is -3.61. The predicted molar refractivity (Wildman–Crippen MR) is 157 cm³/mol. The third-order valence-electron chi connectivity index (χ3n) is 13.8. The van der Waals surface area contributed by atoms with Crippen LogP contribution in [0.25, 0.3) is 0 Å². The molecule has 15 atom stereocenters. The lowest BCUT2D eigenvalue weighted by molar-refractivity contribution is -0.330. The van der Waals surface area contributed by atoms with Crippen molar-refractivity contribution in [1.82, 2.24) is 4.90 Å². The molecule has 1 saturated heterocycles. The molecule has 12 nitrogen and oxygen atoms in total. The van der Waals surface area contributed by atoms with E-state index in [0.29, 0.717) is 19.5 Å². The van der Waals surface area contributed by atoms with E-state index in [1.807, 2.05) is 6.92 Å². The number of hydrogen-bond acceptors (Lipinski definition) is 12. The van der Waals surface area contributed by atoms with Gasteiger partial charge < -0.3 is 43.7 Å². The number of ether oxygens (including phenoxy) is 6. The number of aliphatic hydroxyl groups excluding tert-OH is 2. The summed E-state index contributed by atoms with van der Waals surface area (Å²) in [6.45, 7) is 4.35. The van der Waals surface area contributed by atoms with Gasteiger partial charge in [-0.05, 0) is 31.7 Å². The van der Waals surface area contributed by atoms with E-state index in [0.717, 1.165) is 32.1 Å². The van der Waals surface area contributed by atoms with Gasteiger partial charge in [0, 0.05) is 77.5 Å². The molecular weight excluding hydrogens is 586 g/mol. The number of hydrogen-bond donors (Lipinski definition) is 3. The number of carbonyl (C=O) groups excluding carboxylic acids is 2. The van der Waals surface area contributed by atoms with Gasteiger partial charge in [0.25, 0.3) is 0 Å². The minimum Gasteiger partial charge on any atom is -0.458 e. The van der Waals surface area contributed by atoms with E-state index in [9.17, 15) is 24.9 Å². The highest BCUT2D eigenvalue weighted by Crippen LogP contribution is 2.79. The molecule has 1 spiro atoms. The van der Waals surface area contributed by atoms with Gasteiger partial charge >= 0.3 is 11.9 Å². The Morgan fingerprint density at radius 1 is 0.956 bits per heavy atom. The molecule has 0 amide bonds. The zero-order valence-corrected chi connectivity index (χ0v) is 27.3. The zero-order valence-electron chi connectivity index (χ0n) is 27.3. The van der Waals surface area contributed by atoms with Crippen molar-refractivity contribution >= 4 is 11.9 Å². The molecule has 7 aliphatic rings. The third-order valence-corrected chi connectivity index (χ3v) is 13.8. The maximum Gasteiger partial charge on any atom is 0.309 e. The second kappa shape index (κ2) is 10.8. The third kappa shape index (κ3) is 3.66. The highest BCUT2D eigenvalue weighted by molar-refractivity contribution is 5.73. The number of fused-ring (bicyclic) bond motifs is 2. The minimum absolute atomic E-state index is 0.113. The van der Waals surface area contributed by atoms with Gasteiger partial charge in [-0.1, -0.05) is 26.2 Å². The summed E-state index contributed by atoms with van der Waals surface area (Å²) in [4.78, 5) is 29.3. The molecule has 45 heavy (non-hydrogen) atoms. The molecule has 7 rings (SSSR count). The molecular formula is C33H51NO11. The van der Waals surface area contributed by atoms with Crippen LogP contribution in [0.1, 0.15) is 58.8 Å². The van der Waals surface area contributed by atoms with Gasteiger partial charge in [0.1, 0.15) is 29.5 Å². The number of aliphatic hydroxyl groups is 3. The second-order valence-electron chi connectivity index (χ2n) is 14.9. The number of piperidine rings is 1. The fraction of sp³-hybridized carbons (Fsp3) is 0.939. The van der Waals surface area contributed by atoms with Crippen molar-refractivity contribution in [2.75, 3.05) is 41.5 Å². The summed E-state index contributed by atoms with van der Waals surface area (Å²) in [7, 11) is 6.29. The van der Waals surface area contributed by atoms with Crippen molar-refractivity contribution in [2.45, 2.75) is 118 Å². The molecule has 6 saturated carbocycles. The maximum atomic E-state index is 13.9. The van der Waals surface area contributed by atoms with E-state index >= 15 is 0 Å². The molecule has 7 fully saturated rings. The van der Waals surface area contributed by atoms with Crippen molar-refractivity contribution in [1.29, 1.82) is 0 Å². The highest BCUT2D eigenvalue weighted by Gasteiger charge is 2.92. The second-order valence-corrected chi connectivity index (χ2v) is 14.9. The highest BCUT2D eigenvalue weighted by atomic mass is 16.6. The summed E-state index contributed by atoms with van der Waals surface area (Å²) in [5.41, 5.74) is -5.26. The molecule has 6 aliphatic carbocycles. The number of rotatable bonds is 8. The molecule has 7 bridgehead atoms. The van der Waals surface area contributed by atoms with Crippen LogP contribution in [0.5, 0.6) is 0 Å². The average Bonchev–Trinajstić information content (AvgIpc) is 3.40. The lowest BCUT2D eigenvalue weighted by Crippen LogP contribution is -2.82. The van der Waals surface area contributed by atoms with Crippen LogP contribution in [0.3, 0.4) is 0 Å². The number of nitrogens with zero attached hydrogens (tertiary/aromatic N) is 1. The molecule has 6 unspecified atom stereocenters. The van der Waals surface area contributed by atoms with Crippen LogP contribution in [0.2, 0.25) is 0 Å². The lowest BCUT2D eigenvalue weighted by atomic mass is 9.44. The summed E-state index contributed by atoms with van der Waals surface area (Å²) < 4.78 is 38.0. The fourth-order valence-electron chi connectivity index (χ4n) is 12.7. The Kier molecular flexibility index (Phi) is 7.73. The van der Waals surface area contributed by atoms with E-state index in [1.54, 1.807) is 21.3 Å². The molecule has 0 aromatic rings. The summed E-state index contributed by atoms with van der Waals surface area (Å²) in [6, 6.07) is -0.332. The van der Waals surface area contributed by atoms with Crippen LogP contribution in [-0.2, 0) is 38.0 Å². The SMILES string of the molecule is CCN1C[C@@]2(OC)C3[C@@H](OC)C4C1C3(C1C[C@@]3(O)[C@H](OC(=O)C5CCCCC5)C1[C@]4(OC(C)=O)[C@@H](O)[C@@H]3OC)[C@@H](OC)C[C@H]2O. The predicted octanol–water partition coefficient (Wildman–Crippen LogP) is 0.667. The molecule has 0 aromatic carbocycles. The smallest absolute Gasteiger partial charge is 0.309 e. The first-order valence-electron chi connectivity index (χ1n) is 16.9. The van der Waals surface area contributed by atoms with Crippen LogP contribution in [0.4, 0.5) is 0 Å². The van der Waals surface area contributed by atoms with Crippen molar-refractivity contribution in [3.05, 3.63) is 0 Å². The van der Waals surface area contributed by atoms with Gasteiger partial charge in [-0.2, -0.15) is 0 Å². The first kappa shape index (κ1) is 32.2. The van der Waals surface area contributed by atoms with Crippen LogP contribution in [-0.4, -0.2) is 133 Å². The Labute approximate surface area is 265 Å². The van der Waals surface area contributed by atoms with Crippen LogP contribution in [0.15, 0.2) is 0 Å². The van der Waals surface area contributed by atoms with E-state index in [2.05, 4.69) is 4.90 Å². The first-order valence-corrected chi connectivity index (χ1v) is 16.9. The standard InChI is InChI=1S/C33H51NO11/c1-7-34-15-31(43-6)19(36)13-20(40-3)32-18-14-30(39)27(44-29(38)17-11-9-8-10-12-17)21(18)33(45-16(2)35,26(37)28(30)42-5)22(25(32)34)23(41-4)24(31)32/h17-28,36-37,39H,7-15H2,1-6H3/t18?,19-,20+,21?,22?,23+,24?,25?,26+,27-,28+,30-,31+,32?,33-/m1/s1. The topological polar surface area (TPSA) is 153 Å². The Bertz CT molecular complexity index is 1200. The van der Waals surface area contributed by atoms with Crippen molar-refractivity contribution < 1.29 is 53.3 Å². The lowest BCUT2D eigenvalue weighted by Gasteiger charge is -2.70. The Morgan fingerprint density at radius 3 is 2.24 bits per heavy atom. The quantitative estimate of drug-likeness (QED) is 0.321. The van der Waals surface area contributed by atoms with E-state index in [-0.39, 0.29) is 24.3 Å². The van der Waals surface area contributed by atoms with E-state index < -0.39 is 88.5 Å². The van der Waals surface area contributed by atoms with Gasteiger partial charge in [0.15, 0.2) is 5.60 Å². The van der Waals surface area contributed by atoms with Gasteiger partial charge in [0.05, 0.1) is 24.2 Å². The van der Waals surface area contributed by atoms with Crippen LogP contribution < -0.4 is 0 Å². The summed E-state index contributed by atoms with van der Waals surface area (Å²) in [5, 5.41) is 37.1. The molecule has 12 heteroatoms. The number of likely N-dealkylation sites (N-methyl/N-ethyl adjacent to an activating group) is 1. The number of likely N-dealkylation sites (tertiary alicyclic amines) is 1. The Hall–Kier alpha value is -1.38. The summed E-state index contributed by atoms with van der Waals surface area (Å²) >= 11 is 0. The minimum atomic E-state index is -1.77. The maximum absolute atomic E-state index is 13.9. The monoisotopic (exact) mass is 637 g/mol. The number of carbonyl (C=O) groups is 2. The van der Waals surface area contributed by atoms with Gasteiger partial charge in [-0.3, -0.25) is 14.5 Å². The zero-order chi connectivity index (χ0) is 32.3. The Balaban J connectivity index is 1.50. The van der Waals surface area contributed by atoms with Crippen molar-refractivity contribution in [3.8, 4) is 0 Å². The molecule has 3 N–H and O–H groups in total. The normalized spacial score (nSPS) is 53.3. The van der Waals surface area contributed by atoms with Crippen molar-refractivity contribution in [3.63, 3.8) is 0 Å². The van der Waals surface area contributed by atoms with Gasteiger partial charge in [-0.15, -0.1) is 0 Å². The molecule has 1 aliphatic heterocycles. The number of esters is 2. The molecule has 1 heterocycles. The fourth-order valence-corrected chi connectivity index (χ4v) is 12.7. The summed E-state index contributed by atoms with van der Waals surface area (Å²) in [6.07, 6.45) is -1.02. The molecule has 0 radical (unpaired) electrons. The van der Waals surface area contributed by atoms with Gasteiger partial charge in [0.2, 0.25) is 0 Å². The largest absolute Gasteiger partial charge is 0.458 e. The molecule has 254 valence electrons. The van der Waals surface area contributed by atoms with Crippen molar-refractivity contribution in [2.24, 2.45) is 35.0 Å². The van der Waals surface area contributed by atoms with Crippen LogP contribution in [0, 0.1) is 35.0 Å². The van der Waals surface area contributed by atoms with Crippen LogP contribution >= 0.6 is 0 Å². The first-order chi connectivity index (χ1) is 21.5. The number of methoxy groups -OCH3 is 4. The molecule has 0 aromatic heterocycles.